The van der Waals surface area contributed by atoms with E-state index in [9.17, 15) is 4.79 Å². The zero-order valence-corrected chi connectivity index (χ0v) is 10.1. The molecule has 17 heavy (non-hydrogen) atoms. The maximum atomic E-state index is 11.2. The highest BCUT2D eigenvalue weighted by Gasteiger charge is 2.08. The molecule has 0 radical (unpaired) electrons. The minimum absolute atomic E-state index is 0.311. The number of fused-ring (bicyclic) bond motifs is 3. The van der Waals surface area contributed by atoms with Crippen LogP contribution >= 0.6 is 12.6 Å². The summed E-state index contributed by atoms with van der Waals surface area (Å²) in [5, 5.41) is 1.81. The number of nitrogens with zero attached hydrogens (tertiary/aromatic N) is 1. The van der Waals surface area contributed by atoms with Crippen LogP contribution in [0.25, 0.3) is 21.8 Å². The Balaban J connectivity index is 2.43. The topological polar surface area (TPSA) is 45.8 Å². The molecule has 0 aliphatic carbocycles. The van der Waals surface area contributed by atoms with Crippen LogP contribution in [-0.4, -0.2) is 15.1 Å². The number of aromatic amines is 1. The van der Waals surface area contributed by atoms with Gasteiger partial charge in [0, 0.05) is 16.3 Å². The lowest BCUT2D eigenvalue weighted by atomic mass is 10.1. The van der Waals surface area contributed by atoms with Gasteiger partial charge in [-0.25, -0.2) is 4.98 Å². The van der Waals surface area contributed by atoms with Crippen LogP contribution in [0.3, 0.4) is 0 Å². The number of rotatable bonds is 1. The number of aromatic nitrogens is 2. The van der Waals surface area contributed by atoms with Gasteiger partial charge in [0.15, 0.2) is 0 Å². The maximum absolute atomic E-state index is 11.2. The third-order valence-corrected chi connectivity index (χ3v) is 3.09. The molecule has 0 saturated carbocycles. The second-order valence-corrected chi connectivity index (χ2v) is 4.50. The number of H-pyrrole nitrogens is 1. The monoisotopic (exact) mass is 242 g/mol. The SMILES string of the molecule is Cc1ccc2[nH]c3cnc(C(=O)S)cc3c2c1. The summed E-state index contributed by atoms with van der Waals surface area (Å²) in [6, 6.07) is 7.96. The molecule has 0 fully saturated rings. The fourth-order valence-corrected chi connectivity index (χ4v) is 2.15. The molecule has 0 bridgehead atoms. The van der Waals surface area contributed by atoms with Crippen molar-refractivity contribution in [2.45, 2.75) is 6.92 Å². The highest BCUT2D eigenvalue weighted by atomic mass is 32.1. The first-order valence-corrected chi connectivity index (χ1v) is 5.71. The van der Waals surface area contributed by atoms with E-state index >= 15 is 0 Å². The first kappa shape index (κ1) is 10.4. The minimum Gasteiger partial charge on any atom is -0.353 e. The summed E-state index contributed by atoms with van der Waals surface area (Å²) in [6.45, 7) is 2.05. The molecule has 0 saturated heterocycles. The quantitative estimate of drug-likeness (QED) is 0.644. The number of carbonyl (C=O) groups is 1. The third-order valence-electron chi connectivity index (χ3n) is 2.86. The molecule has 3 aromatic rings. The smallest absolute Gasteiger partial charge is 0.234 e. The Morgan fingerprint density at radius 3 is 2.76 bits per heavy atom. The molecule has 4 heteroatoms. The van der Waals surface area contributed by atoms with E-state index in [1.54, 1.807) is 12.3 Å². The number of aryl methyl sites for hydroxylation is 1. The predicted molar refractivity (Wildman–Crippen MR) is 71.7 cm³/mol. The van der Waals surface area contributed by atoms with Crippen LogP contribution in [0.1, 0.15) is 16.1 Å². The van der Waals surface area contributed by atoms with Crippen molar-refractivity contribution in [2.75, 3.05) is 0 Å². The van der Waals surface area contributed by atoms with Crippen LogP contribution in [0.4, 0.5) is 0 Å². The molecule has 1 N–H and O–H groups in total. The van der Waals surface area contributed by atoms with Crippen molar-refractivity contribution in [3.05, 3.63) is 41.7 Å². The van der Waals surface area contributed by atoms with Gasteiger partial charge in [-0.1, -0.05) is 24.3 Å². The lowest BCUT2D eigenvalue weighted by Crippen LogP contribution is -1.92. The van der Waals surface area contributed by atoms with E-state index in [0.29, 0.717) is 5.69 Å². The average molecular weight is 242 g/mol. The summed E-state index contributed by atoms with van der Waals surface area (Å²) in [4.78, 5) is 18.5. The van der Waals surface area contributed by atoms with Crippen molar-refractivity contribution >= 4 is 39.5 Å². The third kappa shape index (κ3) is 1.61. The van der Waals surface area contributed by atoms with E-state index in [2.05, 4.69) is 34.7 Å². The summed E-state index contributed by atoms with van der Waals surface area (Å²) in [5.74, 6) is 0. The minimum atomic E-state index is -0.311. The molecule has 3 nitrogen and oxygen atoms in total. The Morgan fingerprint density at radius 1 is 1.24 bits per heavy atom. The van der Waals surface area contributed by atoms with Crippen molar-refractivity contribution in [1.82, 2.24) is 9.97 Å². The van der Waals surface area contributed by atoms with Gasteiger partial charge < -0.3 is 4.98 Å². The second-order valence-electron chi connectivity index (χ2n) is 4.09. The van der Waals surface area contributed by atoms with E-state index in [4.69, 9.17) is 0 Å². The van der Waals surface area contributed by atoms with Gasteiger partial charge in [-0.2, -0.15) is 0 Å². The molecule has 0 aliphatic heterocycles. The molecule has 0 spiro atoms. The molecule has 0 unspecified atom stereocenters. The summed E-state index contributed by atoms with van der Waals surface area (Å²) < 4.78 is 0. The van der Waals surface area contributed by atoms with Gasteiger partial charge in [-0.3, -0.25) is 4.79 Å². The Kier molecular flexibility index (Phi) is 2.19. The van der Waals surface area contributed by atoms with Gasteiger partial charge in [0.05, 0.1) is 11.7 Å². The highest BCUT2D eigenvalue weighted by molar-refractivity contribution is 7.97. The molecule has 0 aliphatic rings. The lowest BCUT2D eigenvalue weighted by molar-refractivity contribution is 0.108. The largest absolute Gasteiger partial charge is 0.353 e. The van der Waals surface area contributed by atoms with Crippen molar-refractivity contribution < 1.29 is 4.79 Å². The molecule has 0 atom stereocenters. The van der Waals surface area contributed by atoms with Gasteiger partial charge in [0.1, 0.15) is 5.69 Å². The highest BCUT2D eigenvalue weighted by Crippen LogP contribution is 2.26. The van der Waals surface area contributed by atoms with Crippen LogP contribution in [0.2, 0.25) is 0 Å². The fraction of sp³-hybridized carbons (Fsp3) is 0.0769. The summed E-state index contributed by atoms with van der Waals surface area (Å²) in [5.41, 5.74) is 3.55. The first-order chi connectivity index (χ1) is 8.15. The number of carbonyl (C=O) groups excluding carboxylic acids is 1. The average Bonchev–Trinajstić information content (AvgIpc) is 2.66. The number of hydrogen-bond acceptors (Lipinski definition) is 2. The zero-order chi connectivity index (χ0) is 12.0. The van der Waals surface area contributed by atoms with Crippen LogP contribution < -0.4 is 0 Å². The van der Waals surface area contributed by atoms with Crippen LogP contribution in [-0.2, 0) is 0 Å². The van der Waals surface area contributed by atoms with Crippen molar-refractivity contribution in [3.8, 4) is 0 Å². The molecular formula is C13H10N2OS. The van der Waals surface area contributed by atoms with E-state index in [1.165, 1.54) is 5.56 Å². The zero-order valence-electron chi connectivity index (χ0n) is 9.19. The Hall–Kier alpha value is -1.81. The van der Waals surface area contributed by atoms with Crippen LogP contribution in [0, 0.1) is 6.92 Å². The van der Waals surface area contributed by atoms with Crippen molar-refractivity contribution in [3.63, 3.8) is 0 Å². The standard InChI is InChI=1S/C13H10N2OS/c1-7-2-3-10-8(4-7)9-5-11(13(16)17)14-6-12(9)15-10/h2-6,15H,1H3,(H,16,17). The second kappa shape index (κ2) is 3.60. The Morgan fingerprint density at radius 2 is 2.00 bits per heavy atom. The first-order valence-electron chi connectivity index (χ1n) is 5.26. The maximum Gasteiger partial charge on any atom is 0.234 e. The molecule has 84 valence electrons. The molecule has 1 aromatic carbocycles. The van der Waals surface area contributed by atoms with Crippen molar-refractivity contribution in [1.29, 1.82) is 0 Å². The molecule has 3 rings (SSSR count). The van der Waals surface area contributed by atoms with E-state index in [0.717, 1.165) is 21.8 Å². The Labute approximate surface area is 103 Å². The number of nitrogens with one attached hydrogen (secondary N) is 1. The van der Waals surface area contributed by atoms with Crippen LogP contribution in [0.5, 0.6) is 0 Å². The normalized spacial score (nSPS) is 11.2. The summed E-state index contributed by atoms with van der Waals surface area (Å²) >= 11 is 3.80. The van der Waals surface area contributed by atoms with E-state index < -0.39 is 0 Å². The molecule has 2 heterocycles. The molecular weight excluding hydrogens is 232 g/mol. The predicted octanol–water partition coefficient (Wildman–Crippen LogP) is 3.09. The Bertz CT molecular complexity index is 746. The van der Waals surface area contributed by atoms with Crippen LogP contribution in [0.15, 0.2) is 30.5 Å². The molecule has 0 amide bonds. The van der Waals surface area contributed by atoms with Gasteiger partial charge >= 0.3 is 0 Å². The van der Waals surface area contributed by atoms with Gasteiger partial charge in [0.25, 0.3) is 0 Å². The number of thiol groups is 1. The van der Waals surface area contributed by atoms with Gasteiger partial charge in [0.2, 0.25) is 5.12 Å². The number of pyridine rings is 1. The lowest BCUT2D eigenvalue weighted by Gasteiger charge is -1.95. The molecule has 2 aromatic heterocycles. The van der Waals surface area contributed by atoms with Gasteiger partial charge in [-0.05, 0) is 25.1 Å². The number of hydrogen-bond donors (Lipinski definition) is 2. The summed E-state index contributed by atoms with van der Waals surface area (Å²) in [6.07, 6.45) is 1.67. The van der Waals surface area contributed by atoms with E-state index in [1.807, 2.05) is 13.0 Å². The summed E-state index contributed by atoms with van der Waals surface area (Å²) in [7, 11) is 0. The van der Waals surface area contributed by atoms with E-state index in [-0.39, 0.29) is 5.12 Å². The van der Waals surface area contributed by atoms with Crippen molar-refractivity contribution in [2.24, 2.45) is 0 Å². The van der Waals surface area contributed by atoms with Gasteiger partial charge in [-0.15, -0.1) is 0 Å². The number of benzene rings is 1. The fourth-order valence-electron chi connectivity index (χ4n) is 2.03.